The molecule has 0 radical (unpaired) electrons. The number of amides is 2. The zero-order valence-electron chi connectivity index (χ0n) is 13.4. The number of rotatable bonds is 2. The Morgan fingerprint density at radius 3 is 1.43 bits per heavy atom. The van der Waals surface area contributed by atoms with Gasteiger partial charge in [-0.15, -0.1) is 0 Å². The summed E-state index contributed by atoms with van der Waals surface area (Å²) in [5, 5.41) is 6.05. The second-order valence-electron chi connectivity index (χ2n) is 7.14. The highest BCUT2D eigenvalue weighted by Gasteiger charge is 2.23. The zero-order chi connectivity index (χ0) is 16.4. The Labute approximate surface area is 131 Å². The van der Waals surface area contributed by atoms with E-state index in [0.29, 0.717) is 16.4 Å². The predicted molar refractivity (Wildman–Crippen MR) is 87.6 cm³/mol. The molecule has 0 atom stereocenters. The number of hydrogen-bond donors (Lipinski definition) is 2. The Bertz CT molecular complexity index is 508. The number of halogens is 1. The Kier molecular flexibility index (Phi) is 5.05. The summed E-state index contributed by atoms with van der Waals surface area (Å²) in [6, 6.07) is 5.00. The van der Waals surface area contributed by atoms with Crippen LogP contribution in [0.15, 0.2) is 18.2 Å². The molecule has 0 fully saturated rings. The van der Waals surface area contributed by atoms with Crippen molar-refractivity contribution >= 4 is 34.8 Å². The predicted octanol–water partition coefficient (Wildman–Crippen LogP) is 4.31. The molecule has 4 nitrogen and oxygen atoms in total. The van der Waals surface area contributed by atoms with Gasteiger partial charge in [-0.1, -0.05) is 53.1 Å². The van der Waals surface area contributed by atoms with E-state index < -0.39 is 10.8 Å². The number of carbonyl (C=O) groups is 2. The van der Waals surface area contributed by atoms with Gasteiger partial charge in [-0.3, -0.25) is 9.59 Å². The first kappa shape index (κ1) is 17.5. The van der Waals surface area contributed by atoms with Crippen molar-refractivity contribution in [3.8, 4) is 0 Å². The van der Waals surface area contributed by atoms with Gasteiger partial charge in [0.15, 0.2) is 0 Å². The molecule has 21 heavy (non-hydrogen) atoms. The van der Waals surface area contributed by atoms with Crippen LogP contribution in [0.5, 0.6) is 0 Å². The number of benzene rings is 1. The molecule has 0 unspecified atom stereocenters. The minimum atomic E-state index is -0.503. The van der Waals surface area contributed by atoms with Crippen molar-refractivity contribution in [1.82, 2.24) is 0 Å². The third-order valence-electron chi connectivity index (χ3n) is 2.78. The third-order valence-corrected chi connectivity index (χ3v) is 2.99. The molecule has 5 heteroatoms. The maximum absolute atomic E-state index is 12.0. The molecule has 1 aromatic rings. The highest BCUT2D eigenvalue weighted by atomic mass is 35.5. The van der Waals surface area contributed by atoms with Gasteiger partial charge in [-0.2, -0.15) is 0 Å². The van der Waals surface area contributed by atoms with Gasteiger partial charge in [0.05, 0.1) is 0 Å². The number of carbonyl (C=O) groups excluding carboxylic acids is 2. The van der Waals surface area contributed by atoms with Gasteiger partial charge in [0.1, 0.15) is 0 Å². The molecule has 2 N–H and O–H groups in total. The molecule has 0 aliphatic rings. The SMILES string of the molecule is CC(C)(C)C(=O)Nc1cc(Cl)cc(NC(=O)C(C)(C)C)c1. The van der Waals surface area contributed by atoms with Gasteiger partial charge in [0.25, 0.3) is 0 Å². The first-order valence-electron chi connectivity index (χ1n) is 6.83. The molecule has 0 aliphatic carbocycles. The van der Waals surface area contributed by atoms with Crippen LogP contribution in [0.2, 0.25) is 5.02 Å². The Morgan fingerprint density at radius 1 is 0.810 bits per heavy atom. The normalized spacial score (nSPS) is 12.0. The van der Waals surface area contributed by atoms with Crippen molar-refractivity contribution in [1.29, 1.82) is 0 Å². The molecule has 0 bridgehead atoms. The van der Waals surface area contributed by atoms with E-state index in [2.05, 4.69) is 10.6 Å². The van der Waals surface area contributed by atoms with Gasteiger partial charge in [-0.05, 0) is 18.2 Å². The second-order valence-corrected chi connectivity index (χ2v) is 7.57. The van der Waals surface area contributed by atoms with Crippen molar-refractivity contribution < 1.29 is 9.59 Å². The summed E-state index contributed by atoms with van der Waals surface area (Å²) < 4.78 is 0. The van der Waals surface area contributed by atoms with E-state index in [9.17, 15) is 9.59 Å². The van der Waals surface area contributed by atoms with Crippen LogP contribution in [0.4, 0.5) is 11.4 Å². The van der Waals surface area contributed by atoms with Gasteiger partial charge in [0, 0.05) is 27.2 Å². The lowest BCUT2D eigenvalue weighted by atomic mass is 9.95. The highest BCUT2D eigenvalue weighted by Crippen LogP contribution is 2.26. The van der Waals surface area contributed by atoms with E-state index >= 15 is 0 Å². The fourth-order valence-corrected chi connectivity index (χ4v) is 1.61. The summed E-state index contributed by atoms with van der Waals surface area (Å²) in [5.74, 6) is -0.226. The number of hydrogen-bond acceptors (Lipinski definition) is 2. The maximum Gasteiger partial charge on any atom is 0.229 e. The van der Waals surface area contributed by atoms with Crippen molar-refractivity contribution in [2.45, 2.75) is 41.5 Å². The molecular formula is C16H23ClN2O2. The summed E-state index contributed by atoms with van der Waals surface area (Å²) in [7, 11) is 0. The van der Waals surface area contributed by atoms with Crippen LogP contribution in [-0.4, -0.2) is 11.8 Å². The van der Waals surface area contributed by atoms with E-state index in [1.54, 1.807) is 18.2 Å². The summed E-state index contributed by atoms with van der Waals surface area (Å²) in [6.07, 6.45) is 0. The van der Waals surface area contributed by atoms with E-state index in [4.69, 9.17) is 11.6 Å². The molecule has 0 aliphatic heterocycles. The van der Waals surface area contributed by atoms with Gasteiger partial charge < -0.3 is 10.6 Å². The van der Waals surface area contributed by atoms with Gasteiger partial charge >= 0.3 is 0 Å². The molecule has 1 aromatic carbocycles. The smallest absolute Gasteiger partial charge is 0.229 e. The molecule has 0 aromatic heterocycles. The number of anilines is 2. The summed E-state index contributed by atoms with van der Waals surface area (Å²) in [4.78, 5) is 24.0. The van der Waals surface area contributed by atoms with Gasteiger partial charge in [0.2, 0.25) is 11.8 Å². The minimum Gasteiger partial charge on any atom is -0.326 e. The average molecular weight is 311 g/mol. The van der Waals surface area contributed by atoms with Crippen LogP contribution in [0, 0.1) is 10.8 Å². The standard InChI is InChI=1S/C16H23ClN2O2/c1-15(2,3)13(20)18-11-7-10(17)8-12(9-11)19-14(21)16(4,5)6/h7-9H,1-6H3,(H,18,20)(H,19,21). The first-order valence-corrected chi connectivity index (χ1v) is 7.21. The molecule has 2 amide bonds. The van der Waals surface area contributed by atoms with Gasteiger partial charge in [-0.25, -0.2) is 0 Å². The Morgan fingerprint density at radius 2 is 1.14 bits per heavy atom. The molecule has 0 saturated heterocycles. The average Bonchev–Trinajstić information content (AvgIpc) is 2.25. The molecule has 116 valence electrons. The third kappa shape index (κ3) is 5.38. The lowest BCUT2D eigenvalue weighted by Gasteiger charge is -2.20. The van der Waals surface area contributed by atoms with E-state index in [1.165, 1.54) is 0 Å². The molecular weight excluding hydrogens is 288 g/mol. The van der Waals surface area contributed by atoms with Crippen molar-refractivity contribution in [2.24, 2.45) is 10.8 Å². The summed E-state index contributed by atoms with van der Waals surface area (Å²) in [6.45, 7) is 11.0. The lowest BCUT2D eigenvalue weighted by molar-refractivity contribution is -0.123. The van der Waals surface area contributed by atoms with E-state index in [1.807, 2.05) is 41.5 Å². The zero-order valence-corrected chi connectivity index (χ0v) is 14.2. The molecule has 1 rings (SSSR count). The van der Waals surface area contributed by atoms with E-state index in [-0.39, 0.29) is 11.8 Å². The number of nitrogens with one attached hydrogen (secondary N) is 2. The van der Waals surface area contributed by atoms with Crippen LogP contribution in [-0.2, 0) is 9.59 Å². The highest BCUT2D eigenvalue weighted by molar-refractivity contribution is 6.31. The van der Waals surface area contributed by atoms with Crippen molar-refractivity contribution in [2.75, 3.05) is 10.6 Å². The van der Waals surface area contributed by atoms with Crippen LogP contribution >= 0.6 is 11.6 Å². The molecule has 0 heterocycles. The van der Waals surface area contributed by atoms with Crippen LogP contribution < -0.4 is 10.6 Å². The molecule has 0 spiro atoms. The monoisotopic (exact) mass is 310 g/mol. The molecule has 0 saturated carbocycles. The lowest BCUT2D eigenvalue weighted by Crippen LogP contribution is -2.28. The van der Waals surface area contributed by atoms with Crippen LogP contribution in [0.3, 0.4) is 0 Å². The largest absolute Gasteiger partial charge is 0.326 e. The Balaban J connectivity index is 2.96. The Hall–Kier alpha value is -1.55. The second kappa shape index (κ2) is 6.06. The van der Waals surface area contributed by atoms with Crippen LogP contribution in [0.1, 0.15) is 41.5 Å². The summed E-state index contributed by atoms with van der Waals surface area (Å²) in [5.41, 5.74) is 0.118. The summed E-state index contributed by atoms with van der Waals surface area (Å²) >= 11 is 6.04. The first-order chi connectivity index (χ1) is 9.39. The fraction of sp³-hybridized carbons (Fsp3) is 0.500. The topological polar surface area (TPSA) is 58.2 Å². The van der Waals surface area contributed by atoms with Crippen LogP contribution in [0.25, 0.3) is 0 Å². The minimum absolute atomic E-state index is 0.113. The van der Waals surface area contributed by atoms with Crippen molar-refractivity contribution in [3.05, 3.63) is 23.2 Å². The quantitative estimate of drug-likeness (QED) is 0.855. The van der Waals surface area contributed by atoms with Crippen molar-refractivity contribution in [3.63, 3.8) is 0 Å². The van der Waals surface area contributed by atoms with E-state index in [0.717, 1.165) is 0 Å². The maximum atomic E-state index is 12.0. The fourth-order valence-electron chi connectivity index (χ4n) is 1.37.